The molecule has 0 aliphatic rings. The van der Waals surface area contributed by atoms with E-state index in [1.165, 1.54) is 0 Å². The van der Waals surface area contributed by atoms with Crippen LogP contribution in [0.25, 0.3) is 0 Å². The van der Waals surface area contributed by atoms with Gasteiger partial charge in [0, 0.05) is 0 Å². The minimum atomic E-state index is 0.0569. The number of ether oxygens (including phenoxy) is 1. The molecule has 1 unspecified atom stereocenters. The summed E-state index contributed by atoms with van der Waals surface area (Å²) >= 11 is 0. The maximum absolute atomic E-state index is 5.64. The van der Waals surface area contributed by atoms with Gasteiger partial charge < -0.3 is 15.8 Å². The monoisotopic (exact) mass is 259 g/mol. The first-order valence-corrected chi connectivity index (χ1v) is 6.06. The van der Waals surface area contributed by atoms with E-state index in [1.54, 1.807) is 6.92 Å². The van der Waals surface area contributed by atoms with Gasteiger partial charge in [0.15, 0.2) is 0 Å². The van der Waals surface area contributed by atoms with Gasteiger partial charge in [-0.15, -0.1) is 0 Å². The second kappa shape index (κ2) is 5.99. The van der Waals surface area contributed by atoms with Gasteiger partial charge in [-0.3, -0.25) is 0 Å². The largest absolute Gasteiger partial charge is 0.491 e. The number of nitrogens with two attached hydrogens (primary N) is 1. The third-order valence-corrected chi connectivity index (χ3v) is 2.38. The van der Waals surface area contributed by atoms with Crippen molar-refractivity contribution in [2.75, 3.05) is 17.7 Å². The maximum atomic E-state index is 5.64. The Bertz CT molecular complexity index is 512. The van der Waals surface area contributed by atoms with Gasteiger partial charge in [-0.25, -0.2) is 0 Å². The number of aromatic nitrogens is 3. The van der Waals surface area contributed by atoms with Gasteiger partial charge in [0.25, 0.3) is 0 Å². The summed E-state index contributed by atoms with van der Waals surface area (Å²) in [6.07, 6.45) is 0. The fourth-order valence-electron chi connectivity index (χ4n) is 1.57. The molecule has 0 fully saturated rings. The van der Waals surface area contributed by atoms with Crippen molar-refractivity contribution in [2.45, 2.75) is 19.9 Å². The van der Waals surface area contributed by atoms with Crippen LogP contribution in [0.3, 0.4) is 0 Å². The number of nitrogen functional groups attached to an aromatic ring is 1. The number of benzene rings is 1. The summed E-state index contributed by atoms with van der Waals surface area (Å²) in [4.78, 5) is 12.1. The Labute approximate surface area is 112 Å². The van der Waals surface area contributed by atoms with Gasteiger partial charge in [0.1, 0.15) is 18.2 Å². The Balaban J connectivity index is 1.89. The zero-order valence-corrected chi connectivity index (χ0v) is 11.0. The maximum Gasteiger partial charge on any atom is 0.228 e. The van der Waals surface area contributed by atoms with Gasteiger partial charge in [0.2, 0.25) is 11.9 Å². The molecule has 1 aromatic heterocycles. The van der Waals surface area contributed by atoms with Crippen LogP contribution in [0.2, 0.25) is 0 Å². The predicted octanol–water partition coefficient (Wildman–Crippen LogP) is 1.64. The summed E-state index contributed by atoms with van der Waals surface area (Å²) in [5, 5.41) is 3.13. The molecule has 2 aromatic rings. The van der Waals surface area contributed by atoms with E-state index in [1.807, 2.05) is 37.3 Å². The Morgan fingerprint density at radius 3 is 2.63 bits per heavy atom. The molecule has 100 valence electrons. The van der Waals surface area contributed by atoms with Crippen LogP contribution in [0.5, 0.6) is 5.75 Å². The summed E-state index contributed by atoms with van der Waals surface area (Å²) in [6.45, 7) is 4.27. The molecule has 1 aromatic carbocycles. The van der Waals surface area contributed by atoms with E-state index in [-0.39, 0.29) is 12.0 Å². The quantitative estimate of drug-likeness (QED) is 0.849. The number of aryl methyl sites for hydroxylation is 1. The highest BCUT2D eigenvalue weighted by Gasteiger charge is 2.07. The summed E-state index contributed by atoms with van der Waals surface area (Å²) in [6, 6.07) is 9.70. The first-order chi connectivity index (χ1) is 9.13. The molecule has 0 bridgehead atoms. The van der Waals surface area contributed by atoms with Crippen molar-refractivity contribution in [3.05, 3.63) is 36.2 Å². The van der Waals surface area contributed by atoms with Gasteiger partial charge in [-0.05, 0) is 26.0 Å². The Morgan fingerprint density at radius 1 is 1.21 bits per heavy atom. The van der Waals surface area contributed by atoms with Crippen LogP contribution in [0.15, 0.2) is 30.3 Å². The number of para-hydroxylation sites is 1. The molecule has 1 heterocycles. The van der Waals surface area contributed by atoms with Crippen molar-refractivity contribution in [3.8, 4) is 5.75 Å². The second-order valence-electron chi connectivity index (χ2n) is 4.23. The van der Waals surface area contributed by atoms with Crippen molar-refractivity contribution in [1.82, 2.24) is 15.0 Å². The van der Waals surface area contributed by atoms with Crippen molar-refractivity contribution in [2.24, 2.45) is 0 Å². The van der Waals surface area contributed by atoms with Crippen molar-refractivity contribution < 1.29 is 4.74 Å². The van der Waals surface area contributed by atoms with E-state index in [9.17, 15) is 0 Å². The van der Waals surface area contributed by atoms with Crippen LogP contribution in [-0.2, 0) is 0 Å². The molecule has 0 saturated heterocycles. The molecule has 0 aliphatic carbocycles. The van der Waals surface area contributed by atoms with Gasteiger partial charge in [-0.1, -0.05) is 18.2 Å². The molecule has 2 rings (SSSR count). The standard InChI is InChI=1S/C13H17N5O/c1-9(8-19-11-6-4-3-5-7-11)15-13-17-10(2)16-12(14)18-13/h3-7,9H,8H2,1-2H3,(H3,14,15,16,17,18). The number of nitrogens with one attached hydrogen (secondary N) is 1. The van der Waals surface area contributed by atoms with Crippen LogP contribution in [-0.4, -0.2) is 27.6 Å². The summed E-state index contributed by atoms with van der Waals surface area (Å²) in [7, 11) is 0. The topological polar surface area (TPSA) is 86.0 Å². The van der Waals surface area contributed by atoms with Crippen molar-refractivity contribution >= 4 is 11.9 Å². The van der Waals surface area contributed by atoms with E-state index >= 15 is 0 Å². The van der Waals surface area contributed by atoms with Gasteiger partial charge in [0.05, 0.1) is 6.04 Å². The summed E-state index contributed by atoms with van der Waals surface area (Å²) < 4.78 is 5.64. The van der Waals surface area contributed by atoms with E-state index < -0.39 is 0 Å². The fourth-order valence-corrected chi connectivity index (χ4v) is 1.57. The molecular weight excluding hydrogens is 242 g/mol. The molecule has 0 saturated carbocycles. The van der Waals surface area contributed by atoms with E-state index in [4.69, 9.17) is 10.5 Å². The highest BCUT2D eigenvalue weighted by molar-refractivity contribution is 5.31. The molecule has 0 amide bonds. The lowest BCUT2D eigenvalue weighted by molar-refractivity contribution is 0.303. The molecule has 6 nitrogen and oxygen atoms in total. The first-order valence-electron chi connectivity index (χ1n) is 6.06. The normalized spacial score (nSPS) is 11.9. The highest BCUT2D eigenvalue weighted by Crippen LogP contribution is 2.09. The third kappa shape index (κ3) is 4.09. The highest BCUT2D eigenvalue weighted by atomic mass is 16.5. The van der Waals surface area contributed by atoms with Crippen molar-refractivity contribution in [3.63, 3.8) is 0 Å². The molecule has 0 spiro atoms. The molecule has 19 heavy (non-hydrogen) atoms. The SMILES string of the molecule is Cc1nc(N)nc(NC(C)COc2ccccc2)n1. The number of rotatable bonds is 5. The molecule has 1 atom stereocenters. The van der Waals surface area contributed by atoms with E-state index in [2.05, 4.69) is 20.3 Å². The first kappa shape index (κ1) is 13.1. The molecule has 0 aliphatic heterocycles. The number of hydrogen-bond acceptors (Lipinski definition) is 6. The van der Waals surface area contributed by atoms with Crippen LogP contribution in [0.4, 0.5) is 11.9 Å². The average molecular weight is 259 g/mol. The smallest absolute Gasteiger partial charge is 0.228 e. The molecule has 0 radical (unpaired) electrons. The lowest BCUT2D eigenvalue weighted by Gasteiger charge is -2.15. The Kier molecular flexibility index (Phi) is 4.12. The van der Waals surface area contributed by atoms with Crippen LogP contribution in [0.1, 0.15) is 12.7 Å². The molecule has 3 N–H and O–H groups in total. The number of anilines is 2. The molecule has 6 heteroatoms. The lowest BCUT2D eigenvalue weighted by Crippen LogP contribution is -2.25. The minimum Gasteiger partial charge on any atom is -0.491 e. The predicted molar refractivity (Wildman–Crippen MR) is 74.0 cm³/mol. The average Bonchev–Trinajstić information content (AvgIpc) is 2.36. The van der Waals surface area contributed by atoms with E-state index in [0.717, 1.165) is 5.75 Å². The Hall–Kier alpha value is -2.37. The van der Waals surface area contributed by atoms with Gasteiger partial charge in [-0.2, -0.15) is 15.0 Å². The lowest BCUT2D eigenvalue weighted by atomic mass is 10.3. The fraction of sp³-hybridized carbons (Fsp3) is 0.308. The second-order valence-corrected chi connectivity index (χ2v) is 4.23. The van der Waals surface area contributed by atoms with Crippen LogP contribution < -0.4 is 15.8 Å². The summed E-state index contributed by atoms with van der Waals surface area (Å²) in [5.41, 5.74) is 5.57. The van der Waals surface area contributed by atoms with E-state index in [0.29, 0.717) is 18.4 Å². The zero-order valence-electron chi connectivity index (χ0n) is 11.0. The third-order valence-electron chi connectivity index (χ3n) is 2.38. The Morgan fingerprint density at radius 2 is 1.95 bits per heavy atom. The zero-order chi connectivity index (χ0) is 13.7. The minimum absolute atomic E-state index is 0.0569. The van der Waals surface area contributed by atoms with Crippen molar-refractivity contribution in [1.29, 1.82) is 0 Å². The van der Waals surface area contributed by atoms with Crippen LogP contribution in [0, 0.1) is 6.92 Å². The van der Waals surface area contributed by atoms with Crippen LogP contribution >= 0.6 is 0 Å². The number of hydrogen-bond donors (Lipinski definition) is 2. The number of nitrogens with zero attached hydrogens (tertiary/aromatic N) is 3. The van der Waals surface area contributed by atoms with Gasteiger partial charge >= 0.3 is 0 Å². The molecular formula is C13H17N5O. The summed E-state index contributed by atoms with van der Waals surface area (Å²) in [5.74, 6) is 2.11.